The maximum Gasteiger partial charge on any atom is 0.147 e. The third kappa shape index (κ3) is 2.89. The molecule has 1 saturated heterocycles. The Morgan fingerprint density at radius 1 is 1.21 bits per heavy atom. The molecule has 1 aliphatic heterocycles. The van der Waals surface area contributed by atoms with E-state index in [4.69, 9.17) is 0 Å². The molecule has 4 nitrogen and oxygen atoms in total. The molecule has 3 rings (SSSR count). The maximum absolute atomic E-state index is 4.59. The van der Waals surface area contributed by atoms with Crippen LogP contribution in [0.15, 0.2) is 12.4 Å². The highest BCUT2D eigenvalue weighted by atomic mass is 15.2. The molecule has 1 saturated carbocycles. The summed E-state index contributed by atoms with van der Waals surface area (Å²) >= 11 is 0. The van der Waals surface area contributed by atoms with Crippen LogP contribution < -0.4 is 10.2 Å². The second-order valence-electron chi connectivity index (χ2n) is 5.90. The van der Waals surface area contributed by atoms with Crippen molar-refractivity contribution in [1.82, 2.24) is 15.3 Å². The molecule has 4 heteroatoms. The Morgan fingerprint density at radius 3 is 2.63 bits per heavy atom. The van der Waals surface area contributed by atoms with Crippen molar-refractivity contribution in [1.29, 1.82) is 0 Å². The fraction of sp³-hybridized carbons (Fsp3) is 0.733. The highest BCUT2D eigenvalue weighted by molar-refractivity contribution is 5.38. The van der Waals surface area contributed by atoms with Gasteiger partial charge in [-0.3, -0.25) is 4.98 Å². The average Bonchev–Trinajstić information content (AvgIpc) is 3.01. The Morgan fingerprint density at radius 2 is 2.00 bits per heavy atom. The van der Waals surface area contributed by atoms with E-state index in [0.717, 1.165) is 42.9 Å². The van der Waals surface area contributed by atoms with Gasteiger partial charge in [0.1, 0.15) is 5.82 Å². The van der Waals surface area contributed by atoms with Crippen LogP contribution in [-0.2, 0) is 6.54 Å². The zero-order valence-electron chi connectivity index (χ0n) is 11.8. The molecule has 1 aliphatic carbocycles. The van der Waals surface area contributed by atoms with Gasteiger partial charge in [-0.1, -0.05) is 13.3 Å². The van der Waals surface area contributed by atoms with Crippen LogP contribution in [0, 0.1) is 11.8 Å². The number of aromatic nitrogens is 2. The van der Waals surface area contributed by atoms with Gasteiger partial charge >= 0.3 is 0 Å². The summed E-state index contributed by atoms with van der Waals surface area (Å²) in [5.74, 6) is 2.88. The minimum atomic E-state index is 0.826. The number of anilines is 1. The topological polar surface area (TPSA) is 41.1 Å². The summed E-state index contributed by atoms with van der Waals surface area (Å²) in [5, 5.41) is 3.36. The summed E-state index contributed by atoms with van der Waals surface area (Å²) < 4.78 is 0. The lowest BCUT2D eigenvalue weighted by Gasteiger charge is -2.18. The largest absolute Gasteiger partial charge is 0.355 e. The first kappa shape index (κ1) is 12.9. The van der Waals surface area contributed by atoms with E-state index < -0.39 is 0 Å². The van der Waals surface area contributed by atoms with E-state index in [1.165, 1.54) is 32.4 Å². The van der Waals surface area contributed by atoms with Crippen molar-refractivity contribution < 1.29 is 0 Å². The Balaban J connectivity index is 1.57. The van der Waals surface area contributed by atoms with E-state index in [0.29, 0.717) is 0 Å². The SMILES string of the molecule is CCCNCc1cnc(N2CC3CCCC3C2)cn1. The van der Waals surface area contributed by atoms with Crippen molar-refractivity contribution in [2.75, 3.05) is 24.5 Å². The molecular formula is C15H24N4. The van der Waals surface area contributed by atoms with Gasteiger partial charge in [0.05, 0.1) is 18.1 Å². The zero-order valence-corrected chi connectivity index (χ0v) is 11.8. The smallest absolute Gasteiger partial charge is 0.147 e. The van der Waals surface area contributed by atoms with E-state index in [1.54, 1.807) is 0 Å². The first-order valence-electron chi connectivity index (χ1n) is 7.63. The zero-order chi connectivity index (χ0) is 13.1. The third-order valence-electron chi connectivity index (χ3n) is 4.47. The van der Waals surface area contributed by atoms with Crippen molar-refractivity contribution in [3.8, 4) is 0 Å². The van der Waals surface area contributed by atoms with Crippen LogP contribution in [0.2, 0.25) is 0 Å². The van der Waals surface area contributed by atoms with Crippen LogP contribution in [0.4, 0.5) is 5.82 Å². The Hall–Kier alpha value is -1.16. The fourth-order valence-electron chi connectivity index (χ4n) is 3.42. The molecule has 1 aromatic heterocycles. The normalized spacial score (nSPS) is 25.8. The molecule has 2 aliphatic rings. The quantitative estimate of drug-likeness (QED) is 0.824. The Labute approximate surface area is 115 Å². The van der Waals surface area contributed by atoms with Gasteiger partial charge in [-0.2, -0.15) is 0 Å². The Bertz CT molecular complexity index is 391. The predicted molar refractivity (Wildman–Crippen MR) is 77.1 cm³/mol. The number of fused-ring (bicyclic) bond motifs is 1. The second-order valence-corrected chi connectivity index (χ2v) is 5.90. The number of hydrogen-bond acceptors (Lipinski definition) is 4. The van der Waals surface area contributed by atoms with Crippen LogP contribution >= 0.6 is 0 Å². The lowest BCUT2D eigenvalue weighted by atomic mass is 10.0. The molecule has 2 fully saturated rings. The first-order chi connectivity index (χ1) is 9.36. The first-order valence-corrected chi connectivity index (χ1v) is 7.63. The number of nitrogens with one attached hydrogen (secondary N) is 1. The molecular weight excluding hydrogens is 236 g/mol. The van der Waals surface area contributed by atoms with Gasteiger partial charge in [0.15, 0.2) is 0 Å². The van der Waals surface area contributed by atoms with Crippen molar-refractivity contribution in [2.45, 2.75) is 39.2 Å². The van der Waals surface area contributed by atoms with Crippen molar-refractivity contribution in [2.24, 2.45) is 11.8 Å². The van der Waals surface area contributed by atoms with E-state index in [-0.39, 0.29) is 0 Å². The molecule has 1 N–H and O–H groups in total. The minimum absolute atomic E-state index is 0.826. The van der Waals surface area contributed by atoms with Gasteiger partial charge in [0.2, 0.25) is 0 Å². The van der Waals surface area contributed by atoms with E-state index in [2.05, 4.69) is 27.1 Å². The second kappa shape index (κ2) is 5.87. The molecule has 0 aromatic carbocycles. The van der Waals surface area contributed by atoms with Gasteiger partial charge in [0, 0.05) is 19.6 Å². The van der Waals surface area contributed by atoms with Crippen molar-refractivity contribution >= 4 is 5.82 Å². The monoisotopic (exact) mass is 260 g/mol. The van der Waals surface area contributed by atoms with Crippen LogP contribution in [0.5, 0.6) is 0 Å². The van der Waals surface area contributed by atoms with E-state index >= 15 is 0 Å². The molecule has 104 valence electrons. The number of hydrogen-bond donors (Lipinski definition) is 1. The van der Waals surface area contributed by atoms with Gasteiger partial charge < -0.3 is 10.2 Å². The molecule has 2 heterocycles. The average molecular weight is 260 g/mol. The van der Waals surface area contributed by atoms with Crippen LogP contribution in [-0.4, -0.2) is 29.6 Å². The number of nitrogens with zero attached hydrogens (tertiary/aromatic N) is 3. The molecule has 19 heavy (non-hydrogen) atoms. The molecule has 2 atom stereocenters. The summed E-state index contributed by atoms with van der Waals surface area (Å²) in [4.78, 5) is 11.5. The van der Waals surface area contributed by atoms with E-state index in [9.17, 15) is 0 Å². The van der Waals surface area contributed by atoms with Crippen molar-refractivity contribution in [3.05, 3.63) is 18.1 Å². The van der Waals surface area contributed by atoms with Gasteiger partial charge in [-0.15, -0.1) is 0 Å². The third-order valence-corrected chi connectivity index (χ3v) is 4.47. The summed E-state index contributed by atoms with van der Waals surface area (Å²) in [7, 11) is 0. The molecule has 1 aromatic rings. The van der Waals surface area contributed by atoms with Crippen molar-refractivity contribution in [3.63, 3.8) is 0 Å². The van der Waals surface area contributed by atoms with Crippen LogP contribution in [0.1, 0.15) is 38.3 Å². The minimum Gasteiger partial charge on any atom is -0.355 e. The Kier molecular flexibility index (Phi) is 3.97. The predicted octanol–water partition coefficient (Wildman–Crippen LogP) is 2.21. The van der Waals surface area contributed by atoms with E-state index in [1.807, 2.05) is 12.4 Å². The standard InChI is InChI=1S/C15H24N4/c1-2-6-16-7-14-8-18-15(9-17-14)19-10-12-4-3-5-13(12)11-19/h8-9,12-13,16H,2-7,10-11H2,1H3. The summed E-state index contributed by atoms with van der Waals surface area (Å²) in [6, 6.07) is 0. The molecule has 0 bridgehead atoms. The summed E-state index contributed by atoms with van der Waals surface area (Å²) in [6.45, 7) is 6.41. The molecule has 0 amide bonds. The molecule has 0 spiro atoms. The van der Waals surface area contributed by atoms with Gasteiger partial charge in [-0.25, -0.2) is 4.98 Å². The summed E-state index contributed by atoms with van der Waals surface area (Å²) in [5.41, 5.74) is 1.04. The van der Waals surface area contributed by atoms with Gasteiger partial charge in [-0.05, 0) is 37.6 Å². The maximum atomic E-state index is 4.59. The van der Waals surface area contributed by atoms with Gasteiger partial charge in [0.25, 0.3) is 0 Å². The number of rotatable bonds is 5. The fourth-order valence-corrected chi connectivity index (χ4v) is 3.42. The van der Waals surface area contributed by atoms with Crippen LogP contribution in [0.25, 0.3) is 0 Å². The van der Waals surface area contributed by atoms with Crippen LogP contribution in [0.3, 0.4) is 0 Å². The highest BCUT2D eigenvalue weighted by Gasteiger charge is 2.36. The lowest BCUT2D eigenvalue weighted by molar-refractivity contribution is 0.494. The molecule has 2 unspecified atom stereocenters. The lowest BCUT2D eigenvalue weighted by Crippen LogP contribution is -2.22. The molecule has 0 radical (unpaired) electrons. The summed E-state index contributed by atoms with van der Waals surface area (Å²) in [6.07, 6.45) is 9.27. The highest BCUT2D eigenvalue weighted by Crippen LogP contribution is 2.38.